The number of nitrogens with one attached hydrogen (secondary N) is 2. The van der Waals surface area contributed by atoms with Gasteiger partial charge in [-0.1, -0.05) is 46.8 Å². The second-order valence-electron chi connectivity index (χ2n) is 10.4. The van der Waals surface area contributed by atoms with Crippen molar-refractivity contribution < 1.29 is 19.1 Å². The molecule has 1 heterocycles. The highest BCUT2D eigenvalue weighted by Crippen LogP contribution is 2.44. The smallest absolute Gasteiger partial charge is 0.341 e. The largest absolute Gasteiger partial charge is 0.493 e. The molecule has 3 rings (SSSR count). The highest BCUT2D eigenvalue weighted by Gasteiger charge is 2.34. The zero-order valence-corrected chi connectivity index (χ0v) is 23.1. The average molecular weight is 517 g/mol. The number of thiophene rings is 1. The number of hydrogen-bond acceptors (Lipinski definition) is 6. The summed E-state index contributed by atoms with van der Waals surface area (Å²) in [5, 5.41) is 6.57. The maximum Gasteiger partial charge on any atom is 0.341 e. The Hall–Kier alpha value is -2.45. The molecule has 0 aliphatic heterocycles. The van der Waals surface area contributed by atoms with Gasteiger partial charge in [-0.05, 0) is 72.8 Å². The lowest BCUT2D eigenvalue weighted by Crippen LogP contribution is -2.34. The monoisotopic (exact) mass is 516 g/mol. The molecule has 0 fully saturated rings. The number of esters is 1. The second-order valence-corrected chi connectivity index (χ2v) is 12.0. The molecule has 0 saturated carbocycles. The number of anilines is 1. The van der Waals surface area contributed by atoms with Gasteiger partial charge in [0.05, 0.1) is 24.8 Å². The highest BCUT2D eigenvalue weighted by molar-refractivity contribution is 7.80. The van der Waals surface area contributed by atoms with Crippen molar-refractivity contribution in [3.05, 3.63) is 45.8 Å². The van der Waals surface area contributed by atoms with E-state index in [0.717, 1.165) is 31.2 Å². The summed E-state index contributed by atoms with van der Waals surface area (Å²) in [6.07, 6.45) is 3.65. The van der Waals surface area contributed by atoms with Gasteiger partial charge in [0.25, 0.3) is 5.91 Å². The minimum absolute atomic E-state index is 0.128. The first-order valence-corrected chi connectivity index (χ1v) is 13.3. The summed E-state index contributed by atoms with van der Waals surface area (Å²) < 4.78 is 10.9. The van der Waals surface area contributed by atoms with Gasteiger partial charge in [0.2, 0.25) is 0 Å². The maximum absolute atomic E-state index is 13.0. The van der Waals surface area contributed by atoms with E-state index in [9.17, 15) is 9.59 Å². The van der Waals surface area contributed by atoms with E-state index in [1.54, 1.807) is 18.2 Å². The Kier molecular flexibility index (Phi) is 8.94. The number of carbonyl (C=O) groups excluding carboxylic acids is 2. The number of fused-ring (bicyclic) bond motifs is 1. The number of carbonyl (C=O) groups is 2. The lowest BCUT2D eigenvalue weighted by molar-refractivity contribution is 0.0600. The summed E-state index contributed by atoms with van der Waals surface area (Å²) in [4.78, 5) is 26.8. The van der Waals surface area contributed by atoms with E-state index in [-0.39, 0.29) is 16.4 Å². The van der Waals surface area contributed by atoms with E-state index in [4.69, 9.17) is 21.7 Å². The molecule has 1 aliphatic carbocycles. The van der Waals surface area contributed by atoms with Crippen molar-refractivity contribution in [3.63, 3.8) is 0 Å². The minimum Gasteiger partial charge on any atom is -0.493 e. The minimum atomic E-state index is -0.391. The van der Waals surface area contributed by atoms with Gasteiger partial charge in [0.15, 0.2) is 5.11 Å². The normalized spacial score (nSPS) is 15.3. The zero-order chi connectivity index (χ0) is 25.8. The van der Waals surface area contributed by atoms with Crippen LogP contribution in [0.4, 0.5) is 5.00 Å². The summed E-state index contributed by atoms with van der Waals surface area (Å²) in [7, 11) is 1.38. The van der Waals surface area contributed by atoms with E-state index < -0.39 is 5.97 Å². The standard InChI is InChI=1S/C27H36N2O4S2/c1-16(2)13-14-33-20-10-8-7-9-18(20)23(30)28-26(34)29-24-22(25(31)32-6)19-12-11-17(27(3,4)5)15-21(19)35-24/h7-10,16-17H,11-15H2,1-6H3,(H2,28,29,30,34). The first-order valence-electron chi connectivity index (χ1n) is 12.1. The van der Waals surface area contributed by atoms with Gasteiger partial charge < -0.3 is 14.8 Å². The van der Waals surface area contributed by atoms with E-state index in [1.807, 2.05) is 6.07 Å². The van der Waals surface area contributed by atoms with Crippen LogP contribution in [0.15, 0.2) is 24.3 Å². The predicted octanol–water partition coefficient (Wildman–Crippen LogP) is 6.24. The van der Waals surface area contributed by atoms with Gasteiger partial charge >= 0.3 is 5.97 Å². The molecule has 1 unspecified atom stereocenters. The summed E-state index contributed by atoms with van der Waals surface area (Å²) in [5.74, 6) is 0.801. The molecule has 35 heavy (non-hydrogen) atoms. The third-order valence-corrected chi connectivity index (χ3v) is 7.79. The van der Waals surface area contributed by atoms with Crippen LogP contribution >= 0.6 is 23.6 Å². The molecule has 0 bridgehead atoms. The summed E-state index contributed by atoms with van der Waals surface area (Å²) >= 11 is 6.97. The molecular weight excluding hydrogens is 480 g/mol. The van der Waals surface area contributed by atoms with Crippen molar-refractivity contribution in [1.82, 2.24) is 5.32 Å². The fourth-order valence-corrected chi connectivity index (χ4v) is 5.80. The van der Waals surface area contributed by atoms with Crippen LogP contribution in [0.3, 0.4) is 0 Å². The van der Waals surface area contributed by atoms with Gasteiger partial charge in [-0.15, -0.1) is 11.3 Å². The van der Waals surface area contributed by atoms with Crippen LogP contribution in [0.1, 0.15) is 78.6 Å². The summed E-state index contributed by atoms with van der Waals surface area (Å²) in [6.45, 7) is 11.5. The van der Waals surface area contributed by atoms with Crippen molar-refractivity contribution in [1.29, 1.82) is 0 Å². The number of hydrogen-bond donors (Lipinski definition) is 2. The predicted molar refractivity (Wildman–Crippen MR) is 146 cm³/mol. The molecule has 1 atom stereocenters. The van der Waals surface area contributed by atoms with Crippen LogP contribution in [0, 0.1) is 17.3 Å². The van der Waals surface area contributed by atoms with Crippen LogP contribution in [-0.4, -0.2) is 30.7 Å². The number of benzene rings is 1. The molecule has 8 heteroatoms. The Bertz CT molecular complexity index is 1090. The maximum atomic E-state index is 13.0. The molecule has 0 saturated heterocycles. The molecule has 1 amide bonds. The van der Waals surface area contributed by atoms with Crippen molar-refractivity contribution in [2.75, 3.05) is 19.0 Å². The summed E-state index contributed by atoms with van der Waals surface area (Å²) in [6, 6.07) is 7.11. The highest BCUT2D eigenvalue weighted by atomic mass is 32.1. The van der Waals surface area contributed by atoms with Gasteiger partial charge in [-0.2, -0.15) is 0 Å². The second kappa shape index (κ2) is 11.5. The van der Waals surface area contributed by atoms with Crippen molar-refractivity contribution in [2.45, 2.75) is 60.3 Å². The Balaban J connectivity index is 1.76. The first kappa shape index (κ1) is 27.1. The first-order chi connectivity index (χ1) is 16.5. The molecule has 1 aliphatic rings. The van der Waals surface area contributed by atoms with E-state index in [0.29, 0.717) is 40.3 Å². The number of para-hydroxylation sites is 1. The third-order valence-electron chi connectivity index (χ3n) is 6.42. The molecule has 6 nitrogen and oxygen atoms in total. The molecule has 0 spiro atoms. The van der Waals surface area contributed by atoms with Gasteiger partial charge in [0, 0.05) is 4.88 Å². The number of methoxy groups -OCH3 is 1. The van der Waals surface area contributed by atoms with Crippen LogP contribution in [-0.2, 0) is 17.6 Å². The summed E-state index contributed by atoms with van der Waals surface area (Å²) in [5.41, 5.74) is 2.15. The van der Waals surface area contributed by atoms with E-state index >= 15 is 0 Å². The molecule has 0 radical (unpaired) electrons. The number of amides is 1. The van der Waals surface area contributed by atoms with Crippen molar-refractivity contribution >= 4 is 45.5 Å². The van der Waals surface area contributed by atoms with Gasteiger partial charge in [-0.25, -0.2) is 4.79 Å². The van der Waals surface area contributed by atoms with Crippen LogP contribution in [0.2, 0.25) is 0 Å². The fraction of sp³-hybridized carbons (Fsp3) is 0.519. The lowest BCUT2D eigenvalue weighted by Gasteiger charge is -2.33. The Morgan fingerprint density at radius 3 is 2.60 bits per heavy atom. The van der Waals surface area contributed by atoms with Crippen molar-refractivity contribution in [2.24, 2.45) is 17.3 Å². The number of thiocarbonyl (C=S) groups is 1. The van der Waals surface area contributed by atoms with Crippen LogP contribution < -0.4 is 15.4 Å². The SMILES string of the molecule is COC(=O)c1c(NC(=S)NC(=O)c2ccccc2OCCC(C)C)sc2c1CCC(C(C)(C)C)C2. The lowest BCUT2D eigenvalue weighted by atomic mass is 9.72. The topological polar surface area (TPSA) is 76.7 Å². The average Bonchev–Trinajstić information content (AvgIpc) is 3.14. The number of rotatable bonds is 7. The van der Waals surface area contributed by atoms with Crippen molar-refractivity contribution in [3.8, 4) is 5.75 Å². The molecule has 1 aromatic heterocycles. The molecule has 2 aromatic rings. The van der Waals surface area contributed by atoms with Crippen LogP contribution in [0.25, 0.3) is 0 Å². The molecule has 2 N–H and O–H groups in total. The zero-order valence-electron chi connectivity index (χ0n) is 21.4. The van der Waals surface area contributed by atoms with Crippen LogP contribution in [0.5, 0.6) is 5.75 Å². The third kappa shape index (κ3) is 6.82. The molecule has 1 aromatic carbocycles. The Morgan fingerprint density at radius 1 is 1.23 bits per heavy atom. The quantitative estimate of drug-likeness (QED) is 0.335. The fourth-order valence-electron chi connectivity index (χ4n) is 4.22. The number of ether oxygens (including phenoxy) is 2. The Labute approximate surface area is 217 Å². The Morgan fingerprint density at radius 2 is 1.94 bits per heavy atom. The van der Waals surface area contributed by atoms with Gasteiger partial charge in [-0.3, -0.25) is 10.1 Å². The molecule has 190 valence electrons. The molecular formula is C27H36N2O4S2. The van der Waals surface area contributed by atoms with Gasteiger partial charge in [0.1, 0.15) is 10.8 Å². The van der Waals surface area contributed by atoms with E-state index in [2.05, 4.69) is 45.3 Å². The van der Waals surface area contributed by atoms with E-state index in [1.165, 1.54) is 23.3 Å².